The molecule has 2 aromatic rings. The van der Waals surface area contributed by atoms with Crippen molar-refractivity contribution in [1.82, 2.24) is 0 Å². The number of carbonyl (C=O) groups excluding carboxylic acids is 2. The summed E-state index contributed by atoms with van der Waals surface area (Å²) in [5, 5.41) is 7.62. The van der Waals surface area contributed by atoms with Crippen LogP contribution in [0.2, 0.25) is 12.1 Å². The van der Waals surface area contributed by atoms with Crippen LogP contribution in [0.15, 0.2) is 33.7 Å². The summed E-state index contributed by atoms with van der Waals surface area (Å²) in [4.78, 5) is 22.2. The number of esters is 2. The summed E-state index contributed by atoms with van der Waals surface area (Å²) >= 11 is 36.4. The van der Waals surface area contributed by atoms with Crippen molar-refractivity contribution in [3.05, 3.63) is 44.8 Å². The fourth-order valence-corrected chi connectivity index (χ4v) is 5.64. The van der Waals surface area contributed by atoms with E-state index in [2.05, 4.69) is 0 Å². The number of rotatable bonds is 8. The van der Waals surface area contributed by atoms with Gasteiger partial charge >= 0.3 is 23.9 Å². The molecule has 4 nitrogen and oxygen atoms in total. The maximum Gasteiger partial charge on any atom is 0.352 e. The number of carbonyl (C=O) groups is 2. The average molecular weight is 579 g/mol. The lowest BCUT2D eigenvalue weighted by atomic mass is 10.4. The number of hydrogen-bond donors (Lipinski definition) is 0. The van der Waals surface area contributed by atoms with Crippen molar-refractivity contribution in [2.45, 2.75) is 25.3 Å². The molecule has 0 bridgehead atoms. The first-order chi connectivity index (χ1) is 12.9. The van der Waals surface area contributed by atoms with Crippen LogP contribution >= 0.6 is 89.1 Å². The van der Waals surface area contributed by atoms with Crippen LogP contribution in [-0.2, 0) is 32.3 Å². The predicted octanol–water partition coefficient (Wildman–Crippen LogP) is 6.89. The molecule has 0 aromatic carbocycles. The number of halogens is 6. The SMILES string of the molecule is O=C(C[Si](Cl)(Cl)Cl)OCc1ccsc1.O=C(C[Si](Cl)(Cl)Cl)OCc1ccsc1. The van der Waals surface area contributed by atoms with E-state index in [-0.39, 0.29) is 25.3 Å². The molecule has 156 valence electrons. The van der Waals surface area contributed by atoms with E-state index < -0.39 is 23.9 Å². The van der Waals surface area contributed by atoms with Gasteiger partial charge in [0, 0.05) is 11.1 Å². The monoisotopic (exact) mass is 576 g/mol. The van der Waals surface area contributed by atoms with Crippen molar-refractivity contribution in [2.24, 2.45) is 0 Å². The van der Waals surface area contributed by atoms with E-state index in [4.69, 9.17) is 75.9 Å². The lowest BCUT2D eigenvalue weighted by Crippen LogP contribution is -2.17. The molecule has 0 atom stereocenters. The zero-order chi connectivity index (χ0) is 21.2. The Balaban J connectivity index is 0.000000280. The molecular weight excluding hydrogens is 565 g/mol. The third-order valence-corrected chi connectivity index (χ3v) is 7.90. The van der Waals surface area contributed by atoms with Crippen LogP contribution in [0.4, 0.5) is 0 Å². The topological polar surface area (TPSA) is 52.6 Å². The molecule has 28 heavy (non-hydrogen) atoms. The summed E-state index contributed by atoms with van der Waals surface area (Å²) in [6.07, 6.45) is 0. The van der Waals surface area contributed by atoms with Gasteiger partial charge in [-0.1, -0.05) is 0 Å². The Morgan fingerprint density at radius 2 is 1.11 bits per heavy atom. The Morgan fingerprint density at radius 1 is 0.750 bits per heavy atom. The summed E-state index contributed by atoms with van der Waals surface area (Å²) in [7, 11) is 0. The second kappa shape index (κ2) is 13.0. The molecule has 2 rings (SSSR count). The second-order valence-corrected chi connectivity index (χ2v) is 25.0. The van der Waals surface area contributed by atoms with Crippen LogP contribution < -0.4 is 0 Å². The van der Waals surface area contributed by atoms with Crippen molar-refractivity contribution in [3.63, 3.8) is 0 Å². The van der Waals surface area contributed by atoms with E-state index in [1.807, 2.05) is 33.7 Å². The fraction of sp³-hybridized carbons (Fsp3) is 0.286. The Labute approximate surface area is 200 Å². The van der Waals surface area contributed by atoms with E-state index in [1.54, 1.807) is 22.7 Å². The summed E-state index contributed by atoms with van der Waals surface area (Å²) < 4.78 is 9.82. The van der Waals surface area contributed by atoms with Gasteiger partial charge in [0.1, 0.15) is 13.2 Å². The van der Waals surface area contributed by atoms with Gasteiger partial charge < -0.3 is 9.47 Å². The van der Waals surface area contributed by atoms with Crippen LogP contribution in [-0.4, -0.2) is 23.9 Å². The van der Waals surface area contributed by atoms with Gasteiger partial charge in [-0.05, 0) is 33.7 Å². The van der Waals surface area contributed by atoms with Gasteiger partial charge in [0.2, 0.25) is 0 Å². The number of hydrogen-bond acceptors (Lipinski definition) is 6. The van der Waals surface area contributed by atoms with Crippen molar-refractivity contribution in [1.29, 1.82) is 0 Å². The van der Waals surface area contributed by atoms with E-state index >= 15 is 0 Å². The smallest absolute Gasteiger partial charge is 0.352 e. The highest BCUT2D eigenvalue weighted by Crippen LogP contribution is 2.26. The molecule has 14 heteroatoms. The molecule has 0 saturated carbocycles. The zero-order valence-corrected chi connectivity index (χ0v) is 22.2. The molecule has 2 heterocycles. The van der Waals surface area contributed by atoms with Crippen molar-refractivity contribution in [2.75, 3.05) is 0 Å². The molecule has 0 amide bonds. The molecule has 0 aliphatic heterocycles. The summed E-state index contributed by atoms with van der Waals surface area (Å²) in [6.45, 7) is 0.495. The first-order valence-corrected chi connectivity index (χ1v) is 19.8. The minimum Gasteiger partial charge on any atom is -0.461 e. The standard InChI is InChI=1S/2C7H7Cl3O2SSi/c2*8-14(9,10)5-7(11)12-3-6-1-2-13-4-6/h2*1-2,4H,3,5H2. The second-order valence-electron chi connectivity index (χ2n) is 5.17. The summed E-state index contributed by atoms with van der Waals surface area (Å²) in [5.41, 5.74) is 1.91. The average Bonchev–Trinajstić information content (AvgIpc) is 3.22. The van der Waals surface area contributed by atoms with Gasteiger partial charge in [-0.25, -0.2) is 0 Å². The lowest BCUT2D eigenvalue weighted by molar-refractivity contribution is -0.143. The summed E-state index contributed by atoms with van der Waals surface area (Å²) in [6, 6.07) is -2.23. The van der Waals surface area contributed by atoms with Crippen LogP contribution in [0.3, 0.4) is 0 Å². The molecule has 2 aromatic heterocycles. The molecule has 0 radical (unpaired) electrons. The molecule has 0 spiro atoms. The van der Waals surface area contributed by atoms with Crippen molar-refractivity contribution >= 4 is 113 Å². The molecule has 0 saturated heterocycles. The predicted molar refractivity (Wildman–Crippen MR) is 124 cm³/mol. The first kappa shape index (κ1) is 26.5. The van der Waals surface area contributed by atoms with Gasteiger partial charge in [-0.15, -0.1) is 66.5 Å². The Hall–Kier alpha value is 0.514. The first-order valence-electron chi connectivity index (χ1n) is 7.41. The van der Waals surface area contributed by atoms with Gasteiger partial charge in [0.05, 0.1) is 12.1 Å². The maximum atomic E-state index is 11.1. The molecule has 0 fully saturated rings. The Kier molecular flexibility index (Phi) is 12.4. The van der Waals surface area contributed by atoms with Crippen LogP contribution in [0.1, 0.15) is 11.1 Å². The van der Waals surface area contributed by atoms with E-state index in [9.17, 15) is 9.59 Å². The minimum atomic E-state index is -2.90. The molecule has 0 N–H and O–H groups in total. The molecule has 0 aliphatic rings. The van der Waals surface area contributed by atoms with Gasteiger partial charge in [-0.2, -0.15) is 22.7 Å². The largest absolute Gasteiger partial charge is 0.461 e. The molecule has 0 unspecified atom stereocenters. The van der Waals surface area contributed by atoms with Crippen molar-refractivity contribution in [3.8, 4) is 0 Å². The molecule has 0 aliphatic carbocycles. The van der Waals surface area contributed by atoms with E-state index in [1.165, 1.54) is 0 Å². The quantitative estimate of drug-likeness (QED) is 0.194. The summed E-state index contributed by atoms with van der Waals surface area (Å²) in [5.74, 6) is -0.911. The normalized spacial score (nSPS) is 11.4. The van der Waals surface area contributed by atoms with Crippen molar-refractivity contribution < 1.29 is 19.1 Å². The molecular formula is C14H14Cl6O4S2Si2. The number of ether oxygens (including phenoxy) is 2. The third kappa shape index (κ3) is 14.5. The zero-order valence-electron chi connectivity index (χ0n) is 14.0. The minimum absolute atomic E-state index is 0.0954. The lowest BCUT2D eigenvalue weighted by Gasteiger charge is -2.07. The van der Waals surface area contributed by atoms with E-state index in [0.29, 0.717) is 0 Å². The van der Waals surface area contributed by atoms with E-state index in [0.717, 1.165) is 11.1 Å². The van der Waals surface area contributed by atoms with Crippen LogP contribution in [0.25, 0.3) is 0 Å². The van der Waals surface area contributed by atoms with Crippen LogP contribution in [0.5, 0.6) is 0 Å². The maximum absolute atomic E-state index is 11.1. The Morgan fingerprint density at radius 3 is 1.36 bits per heavy atom. The Bertz CT molecular complexity index is 655. The number of thiophene rings is 2. The highest BCUT2D eigenvalue weighted by Gasteiger charge is 2.30. The van der Waals surface area contributed by atoms with Gasteiger partial charge in [-0.3, -0.25) is 9.59 Å². The van der Waals surface area contributed by atoms with Crippen LogP contribution in [0, 0.1) is 0 Å². The van der Waals surface area contributed by atoms with Gasteiger partial charge in [0.15, 0.2) is 0 Å². The third-order valence-electron chi connectivity index (χ3n) is 2.65. The fourth-order valence-electron chi connectivity index (χ4n) is 1.51. The van der Waals surface area contributed by atoms with Gasteiger partial charge in [0.25, 0.3) is 0 Å². The highest BCUT2D eigenvalue weighted by atomic mass is 35.8. The highest BCUT2D eigenvalue weighted by molar-refractivity contribution is 7.65.